The van der Waals surface area contributed by atoms with Crippen LogP contribution in [0.3, 0.4) is 0 Å². The van der Waals surface area contributed by atoms with Crippen molar-refractivity contribution in [1.29, 1.82) is 0 Å². The molecule has 0 bridgehead atoms. The fourth-order valence-corrected chi connectivity index (χ4v) is 4.20. The second-order valence-corrected chi connectivity index (χ2v) is 7.65. The van der Waals surface area contributed by atoms with Gasteiger partial charge in [-0.05, 0) is 18.9 Å². The second kappa shape index (κ2) is 8.10. The predicted molar refractivity (Wildman–Crippen MR) is 116 cm³/mol. The summed E-state index contributed by atoms with van der Waals surface area (Å²) in [6.07, 6.45) is 5.39. The maximum Gasteiger partial charge on any atom is 0.271 e. The fourth-order valence-electron chi connectivity index (χ4n) is 4.20. The van der Waals surface area contributed by atoms with Crippen molar-refractivity contribution < 1.29 is 14.8 Å². The number of benzene rings is 2. The molecule has 0 aliphatic heterocycles. The average Bonchev–Trinajstić information content (AvgIpc) is 3.04. The van der Waals surface area contributed by atoms with Crippen molar-refractivity contribution in [2.75, 3.05) is 0 Å². The molecular weight excluding hydrogens is 382 g/mol. The zero-order valence-electron chi connectivity index (χ0n) is 16.7. The first-order chi connectivity index (χ1) is 14.5. The Morgan fingerprint density at radius 2 is 1.83 bits per heavy atom. The highest BCUT2D eigenvalue weighted by atomic mass is 16.6. The number of aliphatic imine (C=N–C) groups is 1. The number of aromatic hydroxyl groups is 1. The van der Waals surface area contributed by atoms with Gasteiger partial charge in [-0.25, -0.2) is 4.57 Å². The minimum Gasteiger partial charge on any atom is -0.494 e. The summed E-state index contributed by atoms with van der Waals surface area (Å²) < 4.78 is 1.12. The van der Waals surface area contributed by atoms with Crippen LogP contribution in [0.5, 0.6) is 5.88 Å². The van der Waals surface area contributed by atoms with Crippen LogP contribution in [0.1, 0.15) is 54.9 Å². The van der Waals surface area contributed by atoms with Gasteiger partial charge in [0.1, 0.15) is 0 Å². The molecule has 1 saturated carbocycles. The highest BCUT2D eigenvalue weighted by molar-refractivity contribution is 6.22. The summed E-state index contributed by atoms with van der Waals surface area (Å²) in [5.41, 5.74) is 2.04. The van der Waals surface area contributed by atoms with Gasteiger partial charge in [0.15, 0.2) is 0 Å². The Bertz CT molecular complexity index is 1140. The molecule has 0 radical (unpaired) electrons. The quantitative estimate of drug-likeness (QED) is 0.371. The van der Waals surface area contributed by atoms with E-state index in [4.69, 9.17) is 4.99 Å². The van der Waals surface area contributed by atoms with Crippen LogP contribution in [0.4, 0.5) is 5.69 Å². The van der Waals surface area contributed by atoms with Gasteiger partial charge in [-0.1, -0.05) is 49.6 Å². The third-order valence-corrected chi connectivity index (χ3v) is 5.62. The van der Waals surface area contributed by atoms with Crippen molar-refractivity contribution in [1.82, 2.24) is 4.57 Å². The number of carbonyl (C=O) groups excluding carboxylic acids is 1. The number of rotatable bonds is 4. The van der Waals surface area contributed by atoms with E-state index in [-0.39, 0.29) is 17.6 Å². The predicted octanol–water partition coefficient (Wildman–Crippen LogP) is 5.09. The molecule has 2 aromatic carbocycles. The molecule has 0 atom stereocenters. The highest BCUT2D eigenvalue weighted by Gasteiger charge is 2.26. The Kier molecular flexibility index (Phi) is 5.35. The number of hydrogen-bond acceptors (Lipinski definition) is 5. The molecule has 0 saturated heterocycles. The second-order valence-electron chi connectivity index (χ2n) is 7.65. The van der Waals surface area contributed by atoms with Crippen molar-refractivity contribution in [3.05, 3.63) is 69.8 Å². The molecule has 0 spiro atoms. The van der Waals surface area contributed by atoms with E-state index in [1.165, 1.54) is 25.5 Å². The van der Waals surface area contributed by atoms with E-state index in [0.717, 1.165) is 35.8 Å². The topological polar surface area (TPSA) is 97.7 Å². The minimum atomic E-state index is -0.512. The standard InChI is InChI=1S/C23H23N3O4/c1-15(27)25-20-14-18(26(29)30)12-13-19(20)21(23(25)28)22(16-8-4-2-5-9-16)24-17-10-6-3-7-11-17/h2,4-5,8-9,12-14,17,28H,3,6-7,10-11H2,1H3. The first-order valence-electron chi connectivity index (χ1n) is 10.1. The van der Waals surface area contributed by atoms with Crippen LogP contribution in [0.25, 0.3) is 10.9 Å². The maximum absolute atomic E-state index is 12.3. The van der Waals surface area contributed by atoms with E-state index in [1.807, 2.05) is 30.3 Å². The molecule has 30 heavy (non-hydrogen) atoms. The lowest BCUT2D eigenvalue weighted by Gasteiger charge is -2.19. The number of fused-ring (bicyclic) bond motifs is 1. The van der Waals surface area contributed by atoms with Crippen molar-refractivity contribution in [3.63, 3.8) is 0 Å². The van der Waals surface area contributed by atoms with E-state index >= 15 is 0 Å². The molecule has 1 aromatic heterocycles. The van der Waals surface area contributed by atoms with Gasteiger partial charge in [0, 0.05) is 30.0 Å². The monoisotopic (exact) mass is 405 g/mol. The van der Waals surface area contributed by atoms with Gasteiger partial charge in [0.2, 0.25) is 11.8 Å². The van der Waals surface area contributed by atoms with Crippen LogP contribution < -0.4 is 0 Å². The van der Waals surface area contributed by atoms with Gasteiger partial charge < -0.3 is 5.11 Å². The van der Waals surface area contributed by atoms with Crippen LogP contribution in [0.2, 0.25) is 0 Å². The molecule has 7 heteroatoms. The lowest BCUT2D eigenvalue weighted by Crippen LogP contribution is -2.15. The zero-order valence-corrected chi connectivity index (χ0v) is 16.7. The van der Waals surface area contributed by atoms with E-state index < -0.39 is 10.8 Å². The number of aromatic nitrogens is 1. The lowest BCUT2D eigenvalue weighted by molar-refractivity contribution is -0.384. The third kappa shape index (κ3) is 3.58. The Labute approximate surface area is 173 Å². The first kappa shape index (κ1) is 19.8. The highest BCUT2D eigenvalue weighted by Crippen LogP contribution is 2.36. The van der Waals surface area contributed by atoms with Crippen molar-refractivity contribution >= 4 is 28.2 Å². The molecule has 1 fully saturated rings. The van der Waals surface area contributed by atoms with E-state index in [2.05, 4.69) is 0 Å². The number of nitro benzene ring substituents is 1. The van der Waals surface area contributed by atoms with Crippen molar-refractivity contribution in [3.8, 4) is 5.88 Å². The van der Waals surface area contributed by atoms with Gasteiger partial charge in [-0.3, -0.25) is 19.9 Å². The van der Waals surface area contributed by atoms with Crippen molar-refractivity contribution in [2.45, 2.75) is 45.1 Å². The molecule has 7 nitrogen and oxygen atoms in total. The number of carbonyl (C=O) groups is 1. The van der Waals surface area contributed by atoms with Crippen LogP contribution >= 0.6 is 0 Å². The minimum absolute atomic E-state index is 0.139. The molecule has 0 amide bonds. The van der Waals surface area contributed by atoms with E-state index in [9.17, 15) is 20.0 Å². The normalized spacial score (nSPS) is 15.4. The van der Waals surface area contributed by atoms with E-state index in [0.29, 0.717) is 22.2 Å². The number of nitro groups is 1. The van der Waals surface area contributed by atoms with Gasteiger partial charge >= 0.3 is 0 Å². The van der Waals surface area contributed by atoms with Crippen LogP contribution in [0.15, 0.2) is 53.5 Å². The largest absolute Gasteiger partial charge is 0.494 e. The Balaban J connectivity index is 2.00. The molecule has 4 rings (SSSR count). The Hall–Kier alpha value is -3.48. The molecule has 1 N–H and O–H groups in total. The van der Waals surface area contributed by atoms with Gasteiger partial charge in [0.25, 0.3) is 5.69 Å². The number of non-ortho nitro benzene ring substituents is 1. The fraction of sp³-hybridized carbons (Fsp3) is 0.304. The van der Waals surface area contributed by atoms with E-state index in [1.54, 1.807) is 6.07 Å². The summed E-state index contributed by atoms with van der Waals surface area (Å²) >= 11 is 0. The molecular formula is C23H23N3O4. The molecule has 0 unspecified atom stereocenters. The summed E-state index contributed by atoms with van der Waals surface area (Å²) in [5, 5.41) is 22.9. The maximum atomic E-state index is 12.3. The molecule has 3 aromatic rings. The Morgan fingerprint density at radius 3 is 2.47 bits per heavy atom. The SMILES string of the molecule is CC(=O)n1c(O)c(C(=NC2CCCCC2)c2ccccc2)c2ccc([N+](=O)[O-])cc21. The zero-order chi connectivity index (χ0) is 21.3. The van der Waals surface area contributed by atoms with Crippen LogP contribution in [-0.4, -0.2) is 32.3 Å². The molecule has 1 heterocycles. The lowest BCUT2D eigenvalue weighted by atomic mass is 9.94. The third-order valence-electron chi connectivity index (χ3n) is 5.62. The number of hydrogen-bond donors (Lipinski definition) is 1. The first-order valence-corrected chi connectivity index (χ1v) is 10.1. The summed E-state index contributed by atoms with van der Waals surface area (Å²) in [5.74, 6) is -0.661. The summed E-state index contributed by atoms with van der Waals surface area (Å²) in [7, 11) is 0. The molecule has 1 aliphatic rings. The van der Waals surface area contributed by atoms with Gasteiger partial charge in [-0.2, -0.15) is 0 Å². The van der Waals surface area contributed by atoms with Crippen LogP contribution in [0, 0.1) is 10.1 Å². The average molecular weight is 405 g/mol. The summed E-state index contributed by atoms with van der Waals surface area (Å²) in [6, 6.07) is 14.0. The van der Waals surface area contributed by atoms with Crippen molar-refractivity contribution in [2.24, 2.45) is 4.99 Å². The van der Waals surface area contributed by atoms with Crippen LogP contribution in [-0.2, 0) is 0 Å². The summed E-state index contributed by atoms with van der Waals surface area (Å²) in [6.45, 7) is 1.32. The Morgan fingerprint density at radius 1 is 1.13 bits per heavy atom. The molecule has 1 aliphatic carbocycles. The van der Waals surface area contributed by atoms with Gasteiger partial charge in [0.05, 0.1) is 27.8 Å². The number of nitrogens with zero attached hydrogens (tertiary/aromatic N) is 3. The van der Waals surface area contributed by atoms with Gasteiger partial charge in [-0.15, -0.1) is 0 Å². The summed E-state index contributed by atoms with van der Waals surface area (Å²) in [4.78, 5) is 28.1. The smallest absolute Gasteiger partial charge is 0.271 e. The molecule has 154 valence electrons.